The van der Waals surface area contributed by atoms with Crippen molar-refractivity contribution in [3.63, 3.8) is 0 Å². The molecule has 0 aliphatic rings. The van der Waals surface area contributed by atoms with E-state index in [4.69, 9.17) is 25.7 Å². The normalized spacial score (nSPS) is 13.8. The lowest BCUT2D eigenvalue weighted by atomic mass is 10.0. The van der Waals surface area contributed by atoms with Gasteiger partial charge in [0.25, 0.3) is 0 Å². The molecule has 0 unspecified atom stereocenters. The molecule has 1 aromatic heterocycles. The Hall–Kier alpha value is -6.09. The number of amides is 5. The number of fused-ring (bicyclic) bond motifs is 1. The summed E-state index contributed by atoms with van der Waals surface area (Å²) in [6.07, 6.45) is 2.47. The number of hydrogen-bond acceptors (Lipinski definition) is 9. The molecular formula is C48H67N7O8. The average molecular weight is 870 g/mol. The lowest BCUT2D eigenvalue weighted by Crippen LogP contribution is -2.58. The topological polar surface area (TPSA) is 229 Å². The van der Waals surface area contributed by atoms with Crippen LogP contribution in [-0.4, -0.2) is 82.2 Å². The molecule has 0 aliphatic heterocycles. The number of unbranched alkanes of at least 4 members (excludes halogenated alkanes) is 1. The summed E-state index contributed by atoms with van der Waals surface area (Å²) >= 11 is 0. The number of nitrogens with two attached hydrogens (primary N) is 2. The van der Waals surface area contributed by atoms with Crippen molar-refractivity contribution in [1.29, 1.82) is 0 Å². The molecule has 15 nitrogen and oxygen atoms in total. The van der Waals surface area contributed by atoms with Gasteiger partial charge in [-0.2, -0.15) is 0 Å². The standard InChI is InChI=1S/C48H67N7O8/c1-46(2,3)61-33-21-17-30(18-22-33)26-36(49)42(57)55-40(27-31-19-23-34(24-20-31)62-47(4,5)6)44(59)53-38(16-12-13-25-51-45(60)63-48(7,8)9)43(58)54-39(41(50)56)28-32-29-52-37-15-11-10-14-35(32)37/h10-11,14-15,17-24,29,36,38-40,52H,12-13,16,25-28,49H2,1-9H3,(H2,50,56)(H,51,60)(H,53,59)(H,54,58)(H,55,57)/t36-,38+,39+,40+/m1/s1. The summed E-state index contributed by atoms with van der Waals surface area (Å²) in [5.74, 6) is -1.30. The highest BCUT2D eigenvalue weighted by molar-refractivity contribution is 5.95. The van der Waals surface area contributed by atoms with E-state index in [-0.39, 0.29) is 37.8 Å². The fourth-order valence-electron chi connectivity index (χ4n) is 6.70. The molecule has 5 amide bonds. The fraction of sp³-hybridized carbons (Fsp3) is 0.479. The smallest absolute Gasteiger partial charge is 0.407 e. The van der Waals surface area contributed by atoms with Gasteiger partial charge in [0, 0.05) is 36.5 Å². The number of hydrogen-bond donors (Lipinski definition) is 7. The van der Waals surface area contributed by atoms with E-state index in [0.717, 1.165) is 22.0 Å². The van der Waals surface area contributed by atoms with Crippen LogP contribution in [0.15, 0.2) is 79.0 Å². The van der Waals surface area contributed by atoms with Gasteiger partial charge in [-0.3, -0.25) is 19.2 Å². The zero-order valence-corrected chi connectivity index (χ0v) is 38.2. The summed E-state index contributed by atoms with van der Waals surface area (Å²) in [5.41, 5.74) is 13.9. The molecule has 0 fully saturated rings. The van der Waals surface area contributed by atoms with E-state index in [9.17, 15) is 24.0 Å². The van der Waals surface area contributed by atoms with Crippen LogP contribution in [0.4, 0.5) is 4.79 Å². The van der Waals surface area contributed by atoms with E-state index >= 15 is 0 Å². The van der Waals surface area contributed by atoms with Gasteiger partial charge in [0.2, 0.25) is 23.6 Å². The molecule has 342 valence electrons. The number of H-pyrrole nitrogens is 1. The van der Waals surface area contributed by atoms with Crippen molar-refractivity contribution < 1.29 is 38.2 Å². The van der Waals surface area contributed by atoms with Crippen LogP contribution in [0.3, 0.4) is 0 Å². The van der Waals surface area contributed by atoms with Gasteiger partial charge in [-0.05, 0) is 135 Å². The molecule has 4 aromatic rings. The third-order valence-electron chi connectivity index (χ3n) is 9.54. The molecule has 0 saturated carbocycles. The second-order valence-corrected chi connectivity index (χ2v) is 18.8. The van der Waals surface area contributed by atoms with Crippen molar-refractivity contribution in [2.24, 2.45) is 11.5 Å². The van der Waals surface area contributed by atoms with E-state index in [1.807, 2.05) is 90.1 Å². The van der Waals surface area contributed by atoms with Crippen LogP contribution in [0.2, 0.25) is 0 Å². The number of carbonyl (C=O) groups is 5. The first-order chi connectivity index (χ1) is 29.4. The minimum atomic E-state index is -1.16. The first-order valence-electron chi connectivity index (χ1n) is 21.5. The van der Waals surface area contributed by atoms with Crippen LogP contribution in [0.25, 0.3) is 10.9 Å². The average Bonchev–Trinajstić information content (AvgIpc) is 3.58. The molecular weight excluding hydrogens is 803 g/mol. The third kappa shape index (κ3) is 17.3. The minimum absolute atomic E-state index is 0.0531. The fourth-order valence-corrected chi connectivity index (χ4v) is 6.70. The van der Waals surface area contributed by atoms with Crippen LogP contribution >= 0.6 is 0 Å². The molecule has 0 bridgehead atoms. The minimum Gasteiger partial charge on any atom is -0.488 e. The number of nitrogens with one attached hydrogen (secondary N) is 5. The Morgan fingerprint density at radius 3 is 1.70 bits per heavy atom. The number of primary amides is 1. The second-order valence-electron chi connectivity index (χ2n) is 18.8. The van der Waals surface area contributed by atoms with E-state index in [1.54, 1.807) is 51.2 Å². The lowest BCUT2D eigenvalue weighted by molar-refractivity contribution is -0.133. The molecule has 1 heterocycles. The Morgan fingerprint density at radius 2 is 1.14 bits per heavy atom. The molecule has 0 radical (unpaired) electrons. The summed E-state index contributed by atoms with van der Waals surface area (Å²) in [6, 6.07) is 17.6. The summed E-state index contributed by atoms with van der Waals surface area (Å²) in [6.45, 7) is 17.2. The number of alkyl carbamates (subject to hydrolysis) is 1. The van der Waals surface area contributed by atoms with E-state index in [0.29, 0.717) is 29.9 Å². The van der Waals surface area contributed by atoms with Crippen LogP contribution in [0.5, 0.6) is 11.5 Å². The highest BCUT2D eigenvalue weighted by atomic mass is 16.6. The maximum Gasteiger partial charge on any atom is 0.407 e. The van der Waals surface area contributed by atoms with Crippen LogP contribution in [0.1, 0.15) is 98.3 Å². The van der Waals surface area contributed by atoms with Gasteiger partial charge in [0.1, 0.15) is 46.4 Å². The van der Waals surface area contributed by atoms with Crippen molar-refractivity contribution in [2.75, 3.05) is 6.54 Å². The van der Waals surface area contributed by atoms with Gasteiger partial charge in [-0.25, -0.2) is 4.79 Å². The molecule has 0 spiro atoms. The number of aromatic amines is 1. The zero-order valence-electron chi connectivity index (χ0n) is 38.2. The van der Waals surface area contributed by atoms with Gasteiger partial charge >= 0.3 is 6.09 Å². The predicted molar refractivity (Wildman–Crippen MR) is 244 cm³/mol. The van der Waals surface area contributed by atoms with Gasteiger partial charge < -0.3 is 51.9 Å². The summed E-state index contributed by atoms with van der Waals surface area (Å²) < 4.78 is 17.2. The maximum absolute atomic E-state index is 14.4. The second kappa shape index (κ2) is 21.8. The first-order valence-corrected chi connectivity index (χ1v) is 21.5. The summed E-state index contributed by atoms with van der Waals surface area (Å²) in [7, 11) is 0. The van der Waals surface area contributed by atoms with Gasteiger partial charge in [-0.15, -0.1) is 0 Å². The van der Waals surface area contributed by atoms with Crippen molar-refractivity contribution in [3.8, 4) is 11.5 Å². The molecule has 0 saturated heterocycles. The van der Waals surface area contributed by atoms with Crippen LogP contribution in [0, 0.1) is 0 Å². The van der Waals surface area contributed by atoms with Crippen molar-refractivity contribution in [2.45, 2.75) is 142 Å². The van der Waals surface area contributed by atoms with Gasteiger partial charge in [-0.1, -0.05) is 42.5 Å². The SMILES string of the molecule is CC(C)(C)OC(=O)NCCCC[C@H](NC(=O)[C@H](Cc1ccc(OC(C)(C)C)cc1)NC(=O)[C@H](N)Cc1ccc(OC(C)(C)C)cc1)C(=O)N[C@@H](Cc1c[nH]c2ccccc12)C(N)=O. The van der Waals surface area contributed by atoms with E-state index in [1.165, 1.54) is 0 Å². The first kappa shape index (κ1) is 49.6. The summed E-state index contributed by atoms with van der Waals surface area (Å²) in [5, 5.41) is 12.0. The largest absolute Gasteiger partial charge is 0.488 e. The number of benzene rings is 3. The monoisotopic (exact) mass is 870 g/mol. The molecule has 15 heteroatoms. The molecule has 3 aromatic carbocycles. The molecule has 4 rings (SSSR count). The Bertz CT molecular complexity index is 2150. The van der Waals surface area contributed by atoms with E-state index in [2.05, 4.69) is 26.3 Å². The zero-order chi connectivity index (χ0) is 46.5. The molecule has 9 N–H and O–H groups in total. The number of aromatic nitrogens is 1. The number of carbonyl (C=O) groups excluding carboxylic acids is 5. The highest BCUT2D eigenvalue weighted by Gasteiger charge is 2.31. The van der Waals surface area contributed by atoms with Gasteiger partial charge in [0.05, 0.1) is 6.04 Å². The Labute approximate surface area is 371 Å². The Kier molecular flexibility index (Phi) is 17.2. The molecule has 0 aliphatic carbocycles. The predicted octanol–water partition coefficient (Wildman–Crippen LogP) is 5.51. The van der Waals surface area contributed by atoms with Crippen LogP contribution < -0.4 is 42.2 Å². The number of para-hydroxylation sites is 1. The van der Waals surface area contributed by atoms with Gasteiger partial charge in [0.15, 0.2) is 0 Å². The van der Waals surface area contributed by atoms with Crippen molar-refractivity contribution in [1.82, 2.24) is 26.3 Å². The number of rotatable bonds is 20. The Morgan fingerprint density at radius 1 is 0.619 bits per heavy atom. The molecule has 63 heavy (non-hydrogen) atoms. The maximum atomic E-state index is 14.4. The number of ether oxygens (including phenoxy) is 3. The van der Waals surface area contributed by atoms with E-state index < -0.39 is 65.1 Å². The lowest BCUT2D eigenvalue weighted by Gasteiger charge is -2.26. The van der Waals surface area contributed by atoms with Crippen molar-refractivity contribution >= 4 is 40.6 Å². The summed E-state index contributed by atoms with van der Waals surface area (Å²) in [4.78, 5) is 70.4. The quantitative estimate of drug-likeness (QED) is 0.0555. The molecule has 4 atom stereocenters. The highest BCUT2D eigenvalue weighted by Crippen LogP contribution is 2.22. The van der Waals surface area contributed by atoms with Crippen LogP contribution in [-0.2, 0) is 43.2 Å². The Balaban J connectivity index is 1.55. The third-order valence-corrected chi connectivity index (χ3v) is 9.54. The van der Waals surface area contributed by atoms with Crippen molar-refractivity contribution in [3.05, 3.63) is 95.7 Å².